The van der Waals surface area contributed by atoms with Crippen LogP contribution in [-0.4, -0.2) is 14.9 Å². The smallest absolute Gasteiger partial charge is 0.261 e. The normalized spacial score (nSPS) is 12.9. The van der Waals surface area contributed by atoms with Gasteiger partial charge in [-0.05, 0) is 53.9 Å². The molecule has 0 fully saturated rings. The number of rotatable bonds is 10. The van der Waals surface area contributed by atoms with Crippen molar-refractivity contribution < 1.29 is 4.43 Å². The van der Waals surface area contributed by atoms with Crippen LogP contribution in [0.1, 0.15) is 74.1 Å². The highest BCUT2D eigenvalue weighted by atomic mass is 28.4. The molecule has 0 bridgehead atoms. The quantitative estimate of drug-likeness (QED) is 0.163. The second-order valence-electron chi connectivity index (χ2n) is 10.6. The summed E-state index contributed by atoms with van der Waals surface area (Å²) in [5.74, 6) is 6.25. The molecular weight excluding hydrogens is 404 g/mol. The SMILES string of the molecule is CC#CCC(C)(C)C/C=C(\C)CCCO[Si](c1ccccc1)(c1ccccc1)C(C)(C)C. The van der Waals surface area contributed by atoms with Crippen LogP contribution in [0.3, 0.4) is 0 Å². The molecule has 0 heterocycles. The van der Waals surface area contributed by atoms with Gasteiger partial charge in [0.1, 0.15) is 0 Å². The molecule has 32 heavy (non-hydrogen) atoms. The highest BCUT2D eigenvalue weighted by molar-refractivity contribution is 6.99. The molecule has 172 valence electrons. The first kappa shape index (κ1) is 26.2. The second-order valence-corrected chi connectivity index (χ2v) is 14.9. The average molecular weight is 447 g/mol. The molecule has 0 spiro atoms. The topological polar surface area (TPSA) is 9.23 Å². The van der Waals surface area contributed by atoms with E-state index in [-0.39, 0.29) is 10.5 Å². The summed E-state index contributed by atoms with van der Waals surface area (Å²) in [5, 5.41) is 2.74. The highest BCUT2D eigenvalue weighted by Crippen LogP contribution is 2.37. The van der Waals surface area contributed by atoms with Gasteiger partial charge < -0.3 is 4.43 Å². The first-order chi connectivity index (χ1) is 15.1. The molecule has 0 aromatic heterocycles. The second kappa shape index (κ2) is 11.7. The Bertz CT molecular complexity index is 869. The van der Waals surface area contributed by atoms with Crippen molar-refractivity contribution in [2.45, 2.75) is 79.2 Å². The lowest BCUT2D eigenvalue weighted by Gasteiger charge is -2.43. The molecule has 0 unspecified atom stereocenters. The standard InChI is InChI=1S/C30H42OSi/c1-8-9-23-30(6,7)24-22-26(2)17-16-25-31-32(29(3,4)5,27-18-12-10-13-19-27)28-20-14-11-15-21-28/h10-15,18-22H,16-17,23-25H2,1-7H3/b26-22+. The Kier molecular flexibility index (Phi) is 9.56. The van der Waals surface area contributed by atoms with E-state index >= 15 is 0 Å². The summed E-state index contributed by atoms with van der Waals surface area (Å²) in [4.78, 5) is 0. The van der Waals surface area contributed by atoms with E-state index in [9.17, 15) is 0 Å². The van der Waals surface area contributed by atoms with Gasteiger partial charge in [-0.1, -0.05) is 107 Å². The maximum absolute atomic E-state index is 7.01. The Labute approximate surface area is 198 Å². The van der Waals surface area contributed by atoms with E-state index in [1.165, 1.54) is 15.9 Å². The molecule has 2 heteroatoms. The molecule has 0 amide bonds. The molecule has 0 atom stereocenters. The van der Waals surface area contributed by atoms with Gasteiger partial charge in [0.25, 0.3) is 8.32 Å². The molecule has 0 saturated heterocycles. The number of hydrogen-bond donors (Lipinski definition) is 0. The Morgan fingerprint density at radius 3 is 1.91 bits per heavy atom. The van der Waals surface area contributed by atoms with Gasteiger partial charge in [-0.15, -0.1) is 11.8 Å². The summed E-state index contributed by atoms with van der Waals surface area (Å²) in [7, 11) is -2.42. The van der Waals surface area contributed by atoms with Crippen molar-refractivity contribution in [2.75, 3.05) is 6.61 Å². The predicted octanol–water partition coefficient (Wildman–Crippen LogP) is 7.12. The van der Waals surface area contributed by atoms with Crippen LogP contribution in [0.5, 0.6) is 0 Å². The van der Waals surface area contributed by atoms with E-state index < -0.39 is 8.32 Å². The minimum Gasteiger partial charge on any atom is -0.407 e. The summed E-state index contributed by atoms with van der Waals surface area (Å²) in [6.07, 6.45) is 6.54. The van der Waals surface area contributed by atoms with Crippen molar-refractivity contribution in [2.24, 2.45) is 5.41 Å². The molecule has 2 rings (SSSR count). The number of hydrogen-bond acceptors (Lipinski definition) is 1. The van der Waals surface area contributed by atoms with Gasteiger partial charge in [-0.2, -0.15) is 0 Å². The van der Waals surface area contributed by atoms with Crippen LogP contribution in [0.2, 0.25) is 5.04 Å². The van der Waals surface area contributed by atoms with Crippen molar-refractivity contribution >= 4 is 18.7 Å². The fourth-order valence-electron chi connectivity index (χ4n) is 4.29. The number of benzene rings is 2. The summed E-state index contributed by atoms with van der Waals surface area (Å²) >= 11 is 0. The zero-order valence-corrected chi connectivity index (χ0v) is 22.3. The molecule has 2 aromatic rings. The van der Waals surface area contributed by atoms with Crippen molar-refractivity contribution in [3.63, 3.8) is 0 Å². The lowest BCUT2D eigenvalue weighted by Crippen LogP contribution is -2.66. The molecule has 0 aliphatic heterocycles. The Balaban J connectivity index is 2.15. The van der Waals surface area contributed by atoms with Gasteiger partial charge in [0.2, 0.25) is 0 Å². The van der Waals surface area contributed by atoms with Gasteiger partial charge in [-0.3, -0.25) is 0 Å². The van der Waals surface area contributed by atoms with Crippen LogP contribution in [0.4, 0.5) is 0 Å². The third-order valence-corrected chi connectivity index (χ3v) is 11.2. The van der Waals surface area contributed by atoms with Crippen LogP contribution in [0.25, 0.3) is 0 Å². The van der Waals surface area contributed by atoms with E-state index in [4.69, 9.17) is 4.43 Å². The summed E-state index contributed by atoms with van der Waals surface area (Å²) in [5.41, 5.74) is 1.68. The minimum atomic E-state index is -2.42. The Hall–Kier alpha value is -2.08. The van der Waals surface area contributed by atoms with E-state index in [0.29, 0.717) is 0 Å². The maximum atomic E-state index is 7.01. The van der Waals surface area contributed by atoms with Gasteiger partial charge in [0.05, 0.1) is 0 Å². The molecule has 0 saturated carbocycles. The van der Waals surface area contributed by atoms with Crippen LogP contribution in [0, 0.1) is 17.3 Å². The zero-order valence-electron chi connectivity index (χ0n) is 21.3. The van der Waals surface area contributed by atoms with Crippen molar-refractivity contribution in [3.8, 4) is 11.8 Å². The van der Waals surface area contributed by atoms with Crippen molar-refractivity contribution in [1.82, 2.24) is 0 Å². The minimum absolute atomic E-state index is 0.0327. The Morgan fingerprint density at radius 1 is 0.906 bits per heavy atom. The molecule has 0 aliphatic carbocycles. The largest absolute Gasteiger partial charge is 0.407 e. The Morgan fingerprint density at radius 2 is 1.44 bits per heavy atom. The molecule has 0 aliphatic rings. The van der Waals surface area contributed by atoms with Crippen molar-refractivity contribution in [3.05, 3.63) is 72.3 Å². The third-order valence-electron chi connectivity index (χ3n) is 6.20. The third kappa shape index (κ3) is 6.96. The van der Waals surface area contributed by atoms with E-state index in [1.54, 1.807) is 0 Å². The highest BCUT2D eigenvalue weighted by Gasteiger charge is 2.49. The predicted molar refractivity (Wildman–Crippen MR) is 143 cm³/mol. The average Bonchev–Trinajstić information content (AvgIpc) is 2.77. The fourth-order valence-corrected chi connectivity index (χ4v) is 8.90. The molecule has 0 N–H and O–H groups in total. The first-order valence-corrected chi connectivity index (χ1v) is 13.8. The molecule has 1 nitrogen and oxygen atoms in total. The lowest BCUT2D eigenvalue weighted by molar-refractivity contribution is 0.291. The van der Waals surface area contributed by atoms with E-state index in [1.807, 2.05) is 6.92 Å². The van der Waals surface area contributed by atoms with Crippen LogP contribution >= 0.6 is 0 Å². The zero-order chi connectivity index (χ0) is 23.7. The number of allylic oxidation sites excluding steroid dienone is 2. The van der Waals surface area contributed by atoms with Gasteiger partial charge in [0.15, 0.2) is 0 Å². The molecule has 2 aromatic carbocycles. The van der Waals surface area contributed by atoms with Crippen LogP contribution in [-0.2, 0) is 4.43 Å². The van der Waals surface area contributed by atoms with E-state index in [2.05, 4.69) is 120 Å². The molecular formula is C30H42OSi. The van der Waals surface area contributed by atoms with Gasteiger partial charge in [-0.25, -0.2) is 0 Å². The summed E-state index contributed by atoms with van der Waals surface area (Å²) in [6.45, 7) is 16.6. The fraction of sp³-hybridized carbons (Fsp3) is 0.467. The lowest BCUT2D eigenvalue weighted by atomic mass is 9.85. The monoisotopic (exact) mass is 446 g/mol. The first-order valence-electron chi connectivity index (χ1n) is 11.9. The maximum Gasteiger partial charge on any atom is 0.261 e. The summed E-state index contributed by atoms with van der Waals surface area (Å²) < 4.78 is 7.01. The van der Waals surface area contributed by atoms with E-state index in [0.717, 1.165) is 32.3 Å². The van der Waals surface area contributed by atoms with Crippen molar-refractivity contribution in [1.29, 1.82) is 0 Å². The molecule has 0 radical (unpaired) electrons. The van der Waals surface area contributed by atoms with Gasteiger partial charge in [0, 0.05) is 13.0 Å². The van der Waals surface area contributed by atoms with Crippen LogP contribution < -0.4 is 10.4 Å². The summed E-state index contributed by atoms with van der Waals surface area (Å²) in [6, 6.07) is 21.8. The van der Waals surface area contributed by atoms with Gasteiger partial charge >= 0.3 is 0 Å². The van der Waals surface area contributed by atoms with Crippen LogP contribution in [0.15, 0.2) is 72.3 Å².